The quantitative estimate of drug-likeness (QED) is 0.0964. The number of allylic oxidation sites excluding steroid dienone is 5. The van der Waals surface area contributed by atoms with Gasteiger partial charge in [0.2, 0.25) is 0 Å². The number of methoxy groups -OCH3 is 1. The minimum absolute atomic E-state index is 0.0104. The monoisotopic (exact) mass is 468 g/mol. The highest BCUT2D eigenvalue weighted by Crippen LogP contribution is 2.20. The molecule has 0 fully saturated rings. The van der Waals surface area contributed by atoms with Crippen molar-refractivity contribution < 1.29 is 18.4 Å². The Bertz CT molecular complexity index is 557. The maximum absolute atomic E-state index is 11.0. The van der Waals surface area contributed by atoms with Crippen molar-refractivity contribution in [2.75, 3.05) is 7.11 Å². The molecule has 6 heteroatoms. The summed E-state index contributed by atoms with van der Waals surface area (Å²) in [5.74, 6) is -0.101. The molecule has 0 bridgehead atoms. The highest BCUT2D eigenvalue weighted by Gasteiger charge is 2.29. The Morgan fingerprint density at radius 1 is 0.806 bits per heavy atom. The molecule has 0 saturated carbocycles. The van der Waals surface area contributed by atoms with E-state index in [4.69, 9.17) is 8.85 Å². The van der Waals surface area contributed by atoms with Crippen molar-refractivity contribution >= 4 is 22.6 Å². The molecular formula is C25H48O4Si2. The second kappa shape index (κ2) is 16.6. The summed E-state index contributed by atoms with van der Waals surface area (Å²) in [5.41, 5.74) is 0. The second-order valence-electron chi connectivity index (χ2n) is 9.95. The first-order valence-corrected chi connectivity index (χ1v) is 18.7. The molecular weight excluding hydrogens is 420 g/mol. The Balaban J connectivity index is 4.35. The van der Waals surface area contributed by atoms with Crippen molar-refractivity contribution in [3.63, 3.8) is 0 Å². The van der Waals surface area contributed by atoms with Gasteiger partial charge in [-0.15, -0.1) is 0 Å². The molecule has 0 radical (unpaired) electrons. The first-order valence-electron chi connectivity index (χ1n) is 11.9. The number of carbonyl (C=O) groups excluding carboxylic acids is 1. The van der Waals surface area contributed by atoms with Gasteiger partial charge in [0.25, 0.3) is 0 Å². The summed E-state index contributed by atoms with van der Waals surface area (Å²) in [6, 6.07) is 0. The number of hydrogen-bond acceptors (Lipinski definition) is 4. The molecule has 0 amide bonds. The predicted octanol–water partition coefficient (Wildman–Crippen LogP) is 7.41. The number of unbranched alkanes of at least 4 members (excludes halogenated alkanes) is 5. The van der Waals surface area contributed by atoms with Gasteiger partial charge in [0.15, 0.2) is 16.6 Å². The fraction of sp³-hybridized carbons (Fsp3) is 0.720. The van der Waals surface area contributed by atoms with Crippen molar-refractivity contribution in [2.45, 2.75) is 110 Å². The fourth-order valence-electron chi connectivity index (χ4n) is 3.12. The van der Waals surface area contributed by atoms with E-state index in [1.54, 1.807) is 0 Å². The first kappa shape index (κ1) is 30.0. The van der Waals surface area contributed by atoms with Gasteiger partial charge in [0, 0.05) is 6.42 Å². The molecule has 31 heavy (non-hydrogen) atoms. The van der Waals surface area contributed by atoms with Gasteiger partial charge >= 0.3 is 5.97 Å². The topological polar surface area (TPSA) is 44.8 Å². The third-order valence-electron chi connectivity index (χ3n) is 4.51. The Hall–Kier alpha value is -0.956. The summed E-state index contributed by atoms with van der Waals surface area (Å²) in [5, 5.41) is 0. The summed E-state index contributed by atoms with van der Waals surface area (Å²) in [6.07, 6.45) is 21.1. The van der Waals surface area contributed by atoms with Crippen LogP contribution < -0.4 is 0 Å². The van der Waals surface area contributed by atoms with Crippen LogP contribution in [0.2, 0.25) is 39.3 Å². The maximum Gasteiger partial charge on any atom is 0.305 e. The smallest absolute Gasteiger partial charge is 0.305 e. The van der Waals surface area contributed by atoms with E-state index in [9.17, 15) is 4.79 Å². The van der Waals surface area contributed by atoms with Gasteiger partial charge in [-0.3, -0.25) is 4.79 Å². The van der Waals surface area contributed by atoms with Crippen LogP contribution in [-0.4, -0.2) is 41.9 Å². The van der Waals surface area contributed by atoms with Crippen molar-refractivity contribution in [3.05, 3.63) is 36.5 Å². The Labute approximate surface area is 194 Å². The zero-order valence-electron chi connectivity index (χ0n) is 21.4. The molecule has 0 unspecified atom stereocenters. The Kier molecular flexibility index (Phi) is 16.1. The molecule has 0 aromatic rings. The minimum Gasteiger partial charge on any atom is -0.469 e. The van der Waals surface area contributed by atoms with E-state index in [-0.39, 0.29) is 18.2 Å². The van der Waals surface area contributed by atoms with Crippen LogP contribution in [0.25, 0.3) is 0 Å². The van der Waals surface area contributed by atoms with Gasteiger partial charge < -0.3 is 13.6 Å². The summed E-state index contributed by atoms with van der Waals surface area (Å²) in [7, 11) is -1.83. The van der Waals surface area contributed by atoms with Crippen LogP contribution >= 0.6 is 0 Å². The lowest BCUT2D eigenvalue weighted by molar-refractivity contribution is -0.140. The minimum atomic E-state index is -1.66. The van der Waals surface area contributed by atoms with E-state index in [0.717, 1.165) is 25.7 Å². The SMILES string of the molecule is CC[C@@H](O[Si](C)(C)C)[C@H](/C=C/C=C/C=C/CCCCCCCC(=O)OC)O[Si](C)(C)C. The second-order valence-corrected chi connectivity index (χ2v) is 18.9. The molecule has 2 atom stereocenters. The zero-order valence-corrected chi connectivity index (χ0v) is 23.4. The first-order chi connectivity index (χ1) is 14.5. The van der Waals surface area contributed by atoms with Crippen molar-refractivity contribution in [1.82, 2.24) is 0 Å². The third kappa shape index (κ3) is 19.5. The van der Waals surface area contributed by atoms with E-state index in [1.165, 1.54) is 26.4 Å². The highest BCUT2D eigenvalue weighted by atomic mass is 28.4. The molecule has 0 saturated heterocycles. The van der Waals surface area contributed by atoms with E-state index < -0.39 is 16.6 Å². The summed E-state index contributed by atoms with van der Waals surface area (Å²) >= 11 is 0. The normalized spacial score (nSPS) is 15.2. The molecule has 0 rings (SSSR count). The molecule has 0 heterocycles. The predicted molar refractivity (Wildman–Crippen MR) is 138 cm³/mol. The number of ether oxygens (including phenoxy) is 1. The number of hydrogen-bond donors (Lipinski definition) is 0. The molecule has 0 aliphatic rings. The fourth-order valence-corrected chi connectivity index (χ4v) is 5.38. The van der Waals surface area contributed by atoms with Crippen LogP contribution in [0.1, 0.15) is 58.3 Å². The van der Waals surface area contributed by atoms with Gasteiger partial charge in [0.05, 0.1) is 19.3 Å². The average molecular weight is 469 g/mol. The number of carbonyl (C=O) groups is 1. The molecule has 180 valence electrons. The van der Waals surface area contributed by atoms with Gasteiger partial charge in [-0.05, 0) is 65.0 Å². The molecule has 0 N–H and O–H groups in total. The van der Waals surface area contributed by atoms with Crippen LogP contribution in [0.4, 0.5) is 0 Å². The molecule has 0 aliphatic carbocycles. The van der Waals surface area contributed by atoms with Crippen molar-refractivity contribution in [2.24, 2.45) is 0 Å². The molecule has 0 aromatic carbocycles. The summed E-state index contributed by atoms with van der Waals surface area (Å²) < 4.78 is 17.5. The molecule has 0 aromatic heterocycles. The Morgan fingerprint density at radius 2 is 1.39 bits per heavy atom. The van der Waals surface area contributed by atoms with Crippen LogP contribution in [0.3, 0.4) is 0 Å². The van der Waals surface area contributed by atoms with Crippen molar-refractivity contribution in [3.8, 4) is 0 Å². The molecule has 0 aliphatic heterocycles. The van der Waals surface area contributed by atoms with E-state index in [0.29, 0.717) is 6.42 Å². The van der Waals surface area contributed by atoms with Gasteiger partial charge in [0.1, 0.15) is 0 Å². The van der Waals surface area contributed by atoms with E-state index >= 15 is 0 Å². The average Bonchev–Trinajstić information content (AvgIpc) is 2.66. The van der Waals surface area contributed by atoms with Crippen LogP contribution in [0.15, 0.2) is 36.5 Å². The molecule has 4 nitrogen and oxygen atoms in total. The van der Waals surface area contributed by atoms with Crippen LogP contribution in [0, 0.1) is 0 Å². The maximum atomic E-state index is 11.0. The standard InChI is InChI=1S/C25H48O4Si2/c1-9-23(28-30(3,4)5)24(29-31(6,7)8)21-19-17-15-13-11-10-12-14-16-18-20-22-25(26)27-2/h11,13,15,17,19,21,23-24H,9-10,12,14,16,18,20,22H2,1-8H3/b13-11+,17-15+,21-19+/t23-,24+/m1/s1. The van der Waals surface area contributed by atoms with E-state index in [1.807, 2.05) is 0 Å². The van der Waals surface area contributed by atoms with Gasteiger partial charge in [-0.25, -0.2) is 0 Å². The zero-order chi connectivity index (χ0) is 23.8. The van der Waals surface area contributed by atoms with Crippen LogP contribution in [0.5, 0.6) is 0 Å². The van der Waals surface area contributed by atoms with Crippen LogP contribution in [-0.2, 0) is 18.4 Å². The lowest BCUT2D eigenvalue weighted by atomic mass is 10.1. The van der Waals surface area contributed by atoms with Gasteiger partial charge in [-0.2, -0.15) is 0 Å². The van der Waals surface area contributed by atoms with E-state index in [2.05, 4.69) is 87.4 Å². The summed E-state index contributed by atoms with van der Waals surface area (Å²) in [6.45, 7) is 15.6. The van der Waals surface area contributed by atoms with Crippen molar-refractivity contribution in [1.29, 1.82) is 0 Å². The highest BCUT2D eigenvalue weighted by molar-refractivity contribution is 6.70. The summed E-state index contributed by atoms with van der Waals surface area (Å²) in [4.78, 5) is 11.0. The Morgan fingerprint density at radius 3 is 1.97 bits per heavy atom. The number of rotatable bonds is 17. The third-order valence-corrected chi connectivity index (χ3v) is 6.50. The molecule has 0 spiro atoms. The number of esters is 1. The lowest BCUT2D eigenvalue weighted by Crippen LogP contribution is -2.43. The van der Waals surface area contributed by atoms with Gasteiger partial charge in [-0.1, -0.05) is 62.6 Å². The largest absolute Gasteiger partial charge is 0.469 e. The lowest BCUT2D eigenvalue weighted by Gasteiger charge is -2.34.